The van der Waals surface area contributed by atoms with Gasteiger partial charge in [-0.25, -0.2) is 4.39 Å². The number of anilines is 2. The first-order valence-corrected chi connectivity index (χ1v) is 5.71. The molecule has 17 heavy (non-hydrogen) atoms. The van der Waals surface area contributed by atoms with Crippen LogP contribution in [0.1, 0.15) is 5.56 Å². The molecular weight excluding hydrogens is 283 g/mol. The summed E-state index contributed by atoms with van der Waals surface area (Å²) in [5.74, 6) is -0.360. The Bertz CT molecular complexity index is 590. The molecule has 0 radical (unpaired) electrons. The molecule has 0 atom stereocenters. The highest BCUT2D eigenvalue weighted by Gasteiger charge is 2.05. The van der Waals surface area contributed by atoms with E-state index in [0.717, 1.165) is 4.47 Å². The van der Waals surface area contributed by atoms with Crippen LogP contribution in [0, 0.1) is 17.1 Å². The topological polar surface area (TPSA) is 35.8 Å². The molecule has 0 bridgehead atoms. The van der Waals surface area contributed by atoms with Crippen LogP contribution in [0.4, 0.5) is 15.8 Å². The van der Waals surface area contributed by atoms with Crippen LogP contribution in [-0.2, 0) is 0 Å². The zero-order valence-electron chi connectivity index (χ0n) is 8.74. The number of hydrogen-bond acceptors (Lipinski definition) is 2. The summed E-state index contributed by atoms with van der Waals surface area (Å²) >= 11 is 3.27. The van der Waals surface area contributed by atoms with Gasteiger partial charge in [-0.05, 0) is 30.3 Å². The summed E-state index contributed by atoms with van der Waals surface area (Å²) in [6.45, 7) is 0. The monoisotopic (exact) mass is 290 g/mol. The van der Waals surface area contributed by atoms with E-state index in [9.17, 15) is 4.39 Å². The number of nitrogens with zero attached hydrogens (tertiary/aromatic N) is 1. The molecule has 0 aliphatic carbocycles. The summed E-state index contributed by atoms with van der Waals surface area (Å²) in [4.78, 5) is 0. The predicted octanol–water partition coefficient (Wildman–Crippen LogP) is 4.20. The van der Waals surface area contributed by atoms with Crippen molar-refractivity contribution in [1.29, 1.82) is 5.26 Å². The Labute approximate surface area is 107 Å². The van der Waals surface area contributed by atoms with Gasteiger partial charge in [0.2, 0.25) is 0 Å². The van der Waals surface area contributed by atoms with Gasteiger partial charge in [0.15, 0.2) is 0 Å². The van der Waals surface area contributed by atoms with Crippen molar-refractivity contribution in [3.63, 3.8) is 0 Å². The van der Waals surface area contributed by atoms with Crippen molar-refractivity contribution in [2.24, 2.45) is 0 Å². The van der Waals surface area contributed by atoms with Crippen molar-refractivity contribution >= 4 is 27.3 Å². The first kappa shape index (κ1) is 11.6. The maximum Gasteiger partial charge on any atom is 0.146 e. The predicted molar refractivity (Wildman–Crippen MR) is 68.5 cm³/mol. The molecule has 0 saturated carbocycles. The summed E-state index contributed by atoms with van der Waals surface area (Å²) in [6.07, 6.45) is 0. The summed E-state index contributed by atoms with van der Waals surface area (Å²) in [6, 6.07) is 13.6. The molecule has 0 aliphatic heterocycles. The molecule has 0 spiro atoms. The SMILES string of the molecule is N#Cc1ccccc1Nc1cc(Br)ccc1F. The third-order valence-electron chi connectivity index (χ3n) is 2.25. The Morgan fingerprint density at radius 3 is 2.65 bits per heavy atom. The highest BCUT2D eigenvalue weighted by molar-refractivity contribution is 9.10. The smallest absolute Gasteiger partial charge is 0.146 e. The second kappa shape index (κ2) is 4.98. The largest absolute Gasteiger partial charge is 0.352 e. The molecule has 2 aromatic rings. The van der Waals surface area contributed by atoms with E-state index in [4.69, 9.17) is 5.26 Å². The molecule has 2 aromatic carbocycles. The van der Waals surface area contributed by atoms with Crippen molar-refractivity contribution < 1.29 is 4.39 Å². The lowest BCUT2D eigenvalue weighted by Crippen LogP contribution is -1.96. The molecule has 0 amide bonds. The van der Waals surface area contributed by atoms with E-state index < -0.39 is 0 Å². The molecule has 0 aromatic heterocycles. The van der Waals surface area contributed by atoms with Gasteiger partial charge in [-0.1, -0.05) is 28.1 Å². The molecular formula is C13H8BrFN2. The fourth-order valence-corrected chi connectivity index (χ4v) is 1.79. The van der Waals surface area contributed by atoms with E-state index >= 15 is 0 Å². The quantitative estimate of drug-likeness (QED) is 0.900. The second-order valence-electron chi connectivity index (χ2n) is 3.41. The highest BCUT2D eigenvalue weighted by Crippen LogP contribution is 2.25. The fraction of sp³-hybridized carbons (Fsp3) is 0. The Morgan fingerprint density at radius 2 is 1.88 bits per heavy atom. The third-order valence-corrected chi connectivity index (χ3v) is 2.74. The summed E-state index contributed by atoms with van der Waals surface area (Å²) < 4.78 is 14.3. The van der Waals surface area contributed by atoms with Crippen molar-refractivity contribution in [3.05, 3.63) is 58.3 Å². The Balaban J connectivity index is 2.38. The number of halogens is 2. The highest BCUT2D eigenvalue weighted by atomic mass is 79.9. The van der Waals surface area contributed by atoms with Gasteiger partial charge in [-0.15, -0.1) is 0 Å². The van der Waals surface area contributed by atoms with Crippen molar-refractivity contribution in [3.8, 4) is 6.07 Å². The standard InChI is InChI=1S/C13H8BrFN2/c14-10-5-6-11(15)13(7-10)17-12-4-2-1-3-9(12)8-16/h1-7,17H. The minimum Gasteiger partial charge on any atom is -0.352 e. The molecule has 2 rings (SSSR count). The van der Waals surface area contributed by atoms with E-state index in [0.29, 0.717) is 16.9 Å². The van der Waals surface area contributed by atoms with Crippen molar-refractivity contribution in [2.75, 3.05) is 5.32 Å². The second-order valence-corrected chi connectivity index (χ2v) is 4.32. The number of nitrogens with one attached hydrogen (secondary N) is 1. The van der Waals surface area contributed by atoms with Crippen LogP contribution in [0.3, 0.4) is 0 Å². The van der Waals surface area contributed by atoms with Crippen LogP contribution in [0.2, 0.25) is 0 Å². The van der Waals surface area contributed by atoms with Gasteiger partial charge >= 0.3 is 0 Å². The molecule has 0 unspecified atom stereocenters. The van der Waals surface area contributed by atoms with Crippen LogP contribution < -0.4 is 5.32 Å². The molecule has 84 valence electrons. The Hall–Kier alpha value is -1.86. The summed E-state index contributed by atoms with van der Waals surface area (Å²) in [5, 5.41) is 11.8. The fourth-order valence-electron chi connectivity index (χ4n) is 1.43. The van der Waals surface area contributed by atoms with Gasteiger partial charge in [-0.3, -0.25) is 0 Å². The average Bonchev–Trinajstić information content (AvgIpc) is 2.34. The average molecular weight is 291 g/mol. The van der Waals surface area contributed by atoms with Gasteiger partial charge in [0, 0.05) is 4.47 Å². The lowest BCUT2D eigenvalue weighted by Gasteiger charge is -2.09. The van der Waals surface area contributed by atoms with Crippen LogP contribution in [0.5, 0.6) is 0 Å². The number of nitriles is 1. The van der Waals surface area contributed by atoms with Gasteiger partial charge in [0.25, 0.3) is 0 Å². The van der Waals surface area contributed by atoms with E-state index in [1.807, 2.05) is 0 Å². The van der Waals surface area contributed by atoms with Crippen LogP contribution in [0.25, 0.3) is 0 Å². The number of para-hydroxylation sites is 1. The summed E-state index contributed by atoms with van der Waals surface area (Å²) in [5.41, 5.74) is 1.40. The minimum atomic E-state index is -0.360. The Kier molecular flexibility index (Phi) is 3.40. The molecule has 0 fully saturated rings. The molecule has 0 heterocycles. The first-order valence-electron chi connectivity index (χ1n) is 4.92. The van der Waals surface area contributed by atoms with Gasteiger partial charge in [-0.2, -0.15) is 5.26 Å². The normalized spacial score (nSPS) is 9.71. The zero-order valence-corrected chi connectivity index (χ0v) is 10.3. The number of rotatable bonds is 2. The maximum atomic E-state index is 13.5. The molecule has 0 aliphatic rings. The van der Waals surface area contributed by atoms with Gasteiger partial charge in [0.1, 0.15) is 11.9 Å². The molecule has 1 N–H and O–H groups in total. The number of benzene rings is 2. The van der Waals surface area contributed by atoms with Gasteiger partial charge < -0.3 is 5.32 Å². The van der Waals surface area contributed by atoms with E-state index in [1.165, 1.54) is 6.07 Å². The number of hydrogen-bond donors (Lipinski definition) is 1. The summed E-state index contributed by atoms with van der Waals surface area (Å²) in [7, 11) is 0. The van der Waals surface area contributed by atoms with Crippen molar-refractivity contribution in [1.82, 2.24) is 0 Å². The lowest BCUT2D eigenvalue weighted by molar-refractivity contribution is 0.631. The molecule has 0 saturated heterocycles. The lowest BCUT2D eigenvalue weighted by atomic mass is 10.2. The maximum absolute atomic E-state index is 13.5. The molecule has 2 nitrogen and oxygen atoms in total. The van der Waals surface area contributed by atoms with E-state index in [1.54, 1.807) is 36.4 Å². The van der Waals surface area contributed by atoms with E-state index in [-0.39, 0.29) is 5.82 Å². The molecule has 4 heteroatoms. The van der Waals surface area contributed by atoms with Gasteiger partial charge in [0.05, 0.1) is 16.9 Å². The third kappa shape index (κ3) is 2.63. The first-order chi connectivity index (χ1) is 8.20. The van der Waals surface area contributed by atoms with E-state index in [2.05, 4.69) is 27.3 Å². The Morgan fingerprint density at radius 1 is 1.12 bits per heavy atom. The van der Waals surface area contributed by atoms with Crippen LogP contribution in [-0.4, -0.2) is 0 Å². The zero-order chi connectivity index (χ0) is 12.3. The van der Waals surface area contributed by atoms with Crippen LogP contribution >= 0.6 is 15.9 Å². The minimum absolute atomic E-state index is 0.335. The van der Waals surface area contributed by atoms with Crippen LogP contribution in [0.15, 0.2) is 46.9 Å². The van der Waals surface area contributed by atoms with Crippen molar-refractivity contribution in [2.45, 2.75) is 0 Å².